The molecule has 0 amide bonds. The third-order valence-electron chi connectivity index (χ3n) is 1.03. The van der Waals surface area contributed by atoms with E-state index in [2.05, 4.69) is 14.6 Å². The van der Waals surface area contributed by atoms with E-state index in [0.29, 0.717) is 5.16 Å². The Morgan fingerprint density at radius 2 is 2.00 bits per heavy atom. The zero-order valence-electron chi connectivity index (χ0n) is 6.34. The second kappa shape index (κ2) is 4.29. The SMILES string of the molecule is CSc1ncc(OB(O)O)cn1. The maximum Gasteiger partial charge on any atom is 0.707 e. The predicted octanol–water partition coefficient (Wildman–Crippen LogP) is -0.453. The summed E-state index contributed by atoms with van der Waals surface area (Å²) >= 11 is 1.39. The van der Waals surface area contributed by atoms with Crippen molar-refractivity contribution in [3.05, 3.63) is 12.4 Å². The van der Waals surface area contributed by atoms with Crippen LogP contribution in [0.5, 0.6) is 5.75 Å². The Balaban J connectivity index is 2.65. The summed E-state index contributed by atoms with van der Waals surface area (Å²) in [5.74, 6) is 0.225. The topological polar surface area (TPSA) is 75.5 Å². The highest BCUT2D eigenvalue weighted by molar-refractivity contribution is 7.98. The van der Waals surface area contributed by atoms with E-state index in [4.69, 9.17) is 10.0 Å². The highest BCUT2D eigenvalue weighted by atomic mass is 32.2. The lowest BCUT2D eigenvalue weighted by atomic mass is 10.2. The van der Waals surface area contributed by atoms with Crippen LogP contribution < -0.4 is 4.65 Å². The van der Waals surface area contributed by atoms with Crippen LogP contribution in [0, 0.1) is 0 Å². The molecule has 2 N–H and O–H groups in total. The Morgan fingerprint density at radius 1 is 1.42 bits per heavy atom. The first-order valence-corrected chi connectivity index (χ1v) is 4.33. The highest BCUT2D eigenvalue weighted by Gasteiger charge is 2.11. The van der Waals surface area contributed by atoms with Gasteiger partial charge in [-0.1, -0.05) is 11.8 Å². The second-order valence-corrected chi connectivity index (χ2v) is 2.62. The average molecular weight is 186 g/mol. The van der Waals surface area contributed by atoms with Gasteiger partial charge >= 0.3 is 7.32 Å². The van der Waals surface area contributed by atoms with E-state index in [1.165, 1.54) is 24.2 Å². The van der Waals surface area contributed by atoms with Gasteiger partial charge in [0.2, 0.25) is 0 Å². The molecule has 1 rings (SSSR count). The van der Waals surface area contributed by atoms with Crippen molar-refractivity contribution in [2.45, 2.75) is 5.16 Å². The maximum absolute atomic E-state index is 8.40. The minimum absolute atomic E-state index is 0.225. The van der Waals surface area contributed by atoms with Crippen LogP contribution in [0.1, 0.15) is 0 Å². The maximum atomic E-state index is 8.40. The Hall–Kier alpha value is -0.785. The van der Waals surface area contributed by atoms with E-state index in [1.807, 2.05) is 6.26 Å². The van der Waals surface area contributed by atoms with Gasteiger partial charge in [0.15, 0.2) is 5.16 Å². The molecule has 0 atom stereocenters. The van der Waals surface area contributed by atoms with Crippen LogP contribution in [0.3, 0.4) is 0 Å². The van der Waals surface area contributed by atoms with E-state index >= 15 is 0 Å². The molecule has 0 spiro atoms. The quantitative estimate of drug-likeness (QED) is 0.378. The summed E-state index contributed by atoms with van der Waals surface area (Å²) in [4.78, 5) is 7.71. The zero-order valence-corrected chi connectivity index (χ0v) is 7.15. The standard InChI is InChI=1S/C5H7BN2O3S/c1-12-5-7-2-4(3-8-5)11-6(9)10/h2-3,9-10H,1H3. The van der Waals surface area contributed by atoms with Crippen molar-refractivity contribution in [3.63, 3.8) is 0 Å². The molecule has 0 aliphatic heterocycles. The number of nitrogens with zero attached hydrogens (tertiary/aromatic N) is 2. The van der Waals surface area contributed by atoms with Gasteiger partial charge in [0.25, 0.3) is 0 Å². The summed E-state index contributed by atoms with van der Waals surface area (Å²) in [7, 11) is -1.83. The minimum Gasteiger partial charge on any atom is -0.509 e. The van der Waals surface area contributed by atoms with Crippen LogP contribution in [0.4, 0.5) is 0 Å². The normalized spacial score (nSPS) is 9.58. The molecule has 64 valence electrons. The van der Waals surface area contributed by atoms with Crippen LogP contribution in [-0.4, -0.2) is 33.6 Å². The average Bonchev–Trinajstić information content (AvgIpc) is 2.05. The molecule has 0 unspecified atom stereocenters. The summed E-state index contributed by atoms with van der Waals surface area (Å²) in [6, 6.07) is 0. The van der Waals surface area contributed by atoms with Crippen molar-refractivity contribution in [3.8, 4) is 5.75 Å². The van der Waals surface area contributed by atoms with Gasteiger partial charge in [-0.25, -0.2) is 9.97 Å². The predicted molar refractivity (Wildman–Crippen MR) is 44.6 cm³/mol. The summed E-state index contributed by atoms with van der Waals surface area (Å²) in [5, 5.41) is 17.4. The third kappa shape index (κ3) is 2.69. The molecule has 0 bridgehead atoms. The monoisotopic (exact) mass is 186 g/mol. The lowest BCUT2D eigenvalue weighted by Gasteiger charge is -2.02. The van der Waals surface area contributed by atoms with Crippen molar-refractivity contribution < 1.29 is 14.7 Å². The first-order chi connectivity index (χ1) is 5.72. The van der Waals surface area contributed by atoms with Crippen molar-refractivity contribution in [2.24, 2.45) is 0 Å². The molecule has 0 aromatic carbocycles. The molecule has 12 heavy (non-hydrogen) atoms. The molecule has 0 saturated heterocycles. The fraction of sp³-hybridized carbons (Fsp3) is 0.200. The molecule has 1 aromatic rings. The Kier molecular flexibility index (Phi) is 3.33. The van der Waals surface area contributed by atoms with Gasteiger partial charge in [-0.05, 0) is 6.26 Å². The van der Waals surface area contributed by atoms with Gasteiger partial charge in [-0.2, -0.15) is 0 Å². The van der Waals surface area contributed by atoms with E-state index < -0.39 is 7.32 Å². The molecule has 5 nitrogen and oxygen atoms in total. The number of rotatable bonds is 3. The van der Waals surface area contributed by atoms with E-state index in [9.17, 15) is 0 Å². The number of hydrogen-bond acceptors (Lipinski definition) is 6. The number of hydrogen-bond donors (Lipinski definition) is 2. The van der Waals surface area contributed by atoms with Gasteiger partial charge in [0, 0.05) is 0 Å². The summed E-state index contributed by atoms with van der Waals surface area (Å²) in [5.41, 5.74) is 0. The molecular weight excluding hydrogens is 179 g/mol. The van der Waals surface area contributed by atoms with Crippen LogP contribution in [0.2, 0.25) is 0 Å². The Bertz CT molecular complexity index is 243. The van der Waals surface area contributed by atoms with E-state index in [-0.39, 0.29) is 5.75 Å². The molecule has 0 fully saturated rings. The van der Waals surface area contributed by atoms with Gasteiger partial charge in [0.05, 0.1) is 12.4 Å². The zero-order chi connectivity index (χ0) is 8.97. The molecular formula is C5H7BN2O3S. The van der Waals surface area contributed by atoms with Crippen molar-refractivity contribution >= 4 is 19.1 Å². The van der Waals surface area contributed by atoms with Gasteiger partial charge < -0.3 is 14.7 Å². The second-order valence-electron chi connectivity index (χ2n) is 1.85. The van der Waals surface area contributed by atoms with Crippen LogP contribution >= 0.6 is 11.8 Å². The largest absolute Gasteiger partial charge is 0.707 e. The Labute approximate surface area is 74.0 Å². The molecule has 1 heterocycles. The Morgan fingerprint density at radius 3 is 2.42 bits per heavy atom. The summed E-state index contributed by atoms with van der Waals surface area (Å²) in [6.45, 7) is 0. The fourth-order valence-corrected chi connectivity index (χ4v) is 0.909. The van der Waals surface area contributed by atoms with Crippen molar-refractivity contribution in [2.75, 3.05) is 6.26 Å². The van der Waals surface area contributed by atoms with Crippen LogP contribution in [-0.2, 0) is 0 Å². The molecule has 0 aliphatic carbocycles. The number of aromatic nitrogens is 2. The minimum atomic E-state index is -1.83. The molecule has 0 saturated carbocycles. The smallest absolute Gasteiger partial charge is 0.509 e. The van der Waals surface area contributed by atoms with Gasteiger partial charge in [-0.15, -0.1) is 0 Å². The van der Waals surface area contributed by atoms with Crippen LogP contribution in [0.15, 0.2) is 17.6 Å². The molecule has 7 heteroatoms. The summed E-state index contributed by atoms with van der Waals surface area (Å²) in [6.07, 6.45) is 4.59. The first-order valence-electron chi connectivity index (χ1n) is 3.11. The first kappa shape index (κ1) is 9.30. The van der Waals surface area contributed by atoms with E-state index in [0.717, 1.165) is 0 Å². The fourth-order valence-electron chi connectivity index (χ4n) is 0.592. The number of thioether (sulfide) groups is 1. The molecule has 1 aromatic heterocycles. The van der Waals surface area contributed by atoms with E-state index in [1.54, 1.807) is 0 Å². The highest BCUT2D eigenvalue weighted by Crippen LogP contribution is 2.11. The molecule has 0 radical (unpaired) electrons. The van der Waals surface area contributed by atoms with Gasteiger partial charge in [-0.3, -0.25) is 0 Å². The molecule has 0 aliphatic rings. The third-order valence-corrected chi connectivity index (χ3v) is 1.60. The van der Waals surface area contributed by atoms with Crippen LogP contribution in [0.25, 0.3) is 0 Å². The van der Waals surface area contributed by atoms with Gasteiger partial charge in [0.1, 0.15) is 5.75 Å². The van der Waals surface area contributed by atoms with Crippen molar-refractivity contribution in [1.82, 2.24) is 9.97 Å². The summed E-state index contributed by atoms with van der Waals surface area (Å²) < 4.78 is 4.49. The lowest BCUT2D eigenvalue weighted by molar-refractivity contribution is 0.287. The lowest BCUT2D eigenvalue weighted by Crippen LogP contribution is -2.20. The van der Waals surface area contributed by atoms with Crippen molar-refractivity contribution in [1.29, 1.82) is 0 Å².